The lowest BCUT2D eigenvalue weighted by Gasteiger charge is -2.27. The molecule has 3 saturated heterocycles. The van der Waals surface area contributed by atoms with Crippen LogP contribution in [-0.4, -0.2) is 89.6 Å². The zero-order valence-corrected chi connectivity index (χ0v) is 29.8. The van der Waals surface area contributed by atoms with Crippen molar-refractivity contribution in [3.05, 3.63) is 31.5 Å². The van der Waals surface area contributed by atoms with Gasteiger partial charge >= 0.3 is 35.0 Å². The van der Waals surface area contributed by atoms with Crippen molar-refractivity contribution in [1.82, 2.24) is 13.7 Å². The zero-order valence-electron chi connectivity index (χ0n) is 29.8. The van der Waals surface area contributed by atoms with E-state index in [9.17, 15) is 28.8 Å². The molecule has 1 aromatic heterocycles. The van der Waals surface area contributed by atoms with Crippen molar-refractivity contribution in [2.24, 2.45) is 17.8 Å². The van der Waals surface area contributed by atoms with Crippen LogP contribution in [0.2, 0.25) is 0 Å². The monoisotopic (exact) mass is 717 g/mol. The van der Waals surface area contributed by atoms with Gasteiger partial charge in [0.1, 0.15) is 18.1 Å². The van der Waals surface area contributed by atoms with Gasteiger partial charge in [0.2, 0.25) is 0 Å². The summed E-state index contributed by atoms with van der Waals surface area (Å²) in [5.41, 5.74) is -3.37. The Morgan fingerprint density at radius 1 is 0.510 bits per heavy atom. The molecule has 3 saturated carbocycles. The minimum Gasteiger partial charge on any atom is -0.467 e. The molecule has 0 bridgehead atoms. The van der Waals surface area contributed by atoms with E-state index in [4.69, 9.17) is 28.4 Å². The maximum absolute atomic E-state index is 14.5. The van der Waals surface area contributed by atoms with Crippen molar-refractivity contribution in [1.29, 1.82) is 0 Å². The summed E-state index contributed by atoms with van der Waals surface area (Å²) in [6.45, 7) is 0. The Morgan fingerprint density at radius 3 is 1.02 bits per heavy atom. The fourth-order valence-corrected chi connectivity index (χ4v) is 9.29. The molecule has 15 nitrogen and oxygen atoms in total. The summed E-state index contributed by atoms with van der Waals surface area (Å²) in [6, 6.07) is -4.23. The highest BCUT2D eigenvalue weighted by Gasteiger charge is 2.46. The third-order valence-electron chi connectivity index (χ3n) is 12.5. The van der Waals surface area contributed by atoms with Crippen molar-refractivity contribution < 1.29 is 42.8 Å². The van der Waals surface area contributed by atoms with Gasteiger partial charge in [0, 0.05) is 0 Å². The van der Waals surface area contributed by atoms with Gasteiger partial charge in [-0.15, -0.1) is 0 Å². The molecule has 1 aromatic rings. The number of hydrogen-bond acceptors (Lipinski definition) is 12. The molecule has 0 N–H and O–H groups in total. The van der Waals surface area contributed by atoms with Crippen LogP contribution in [0.15, 0.2) is 14.4 Å². The normalized spacial score (nSPS) is 33.4. The molecule has 6 aliphatic rings. The predicted molar refractivity (Wildman–Crippen MR) is 178 cm³/mol. The van der Waals surface area contributed by atoms with Gasteiger partial charge in [-0.2, -0.15) is 0 Å². The maximum atomic E-state index is 14.5. The Bertz CT molecular complexity index is 1450. The van der Waals surface area contributed by atoms with E-state index >= 15 is 0 Å². The van der Waals surface area contributed by atoms with E-state index in [2.05, 4.69) is 0 Å². The summed E-state index contributed by atoms with van der Waals surface area (Å²) < 4.78 is 34.6. The molecule has 0 amide bonds. The molecule has 3 aliphatic heterocycles. The highest BCUT2D eigenvalue weighted by molar-refractivity contribution is 5.75. The SMILES string of the molecule is COC(=O)C(CCC1CCC2OC2C1)n1c(=O)n(C(CCC2CCC3OC3C2)C(=O)OC)c(=O)n(C(CCC2CCC3OC3C2)C(=O)OC)c1=O. The van der Waals surface area contributed by atoms with Crippen LogP contribution in [0.3, 0.4) is 0 Å². The van der Waals surface area contributed by atoms with Gasteiger partial charge in [0.25, 0.3) is 0 Å². The standard InChI is InChI=1S/C36H51N3O12/c1-46-31(40)22(10-4-19-7-13-25-28(16-19)49-25)37-34(43)38(23(32(41)47-2)11-5-20-8-14-26-29(17-20)50-26)36(45)39(35(37)44)24(33(42)48-3)12-6-21-9-15-27-30(18-21)51-27/h19-30H,4-18H2,1-3H3. The largest absolute Gasteiger partial charge is 0.467 e. The molecule has 282 valence electrons. The fourth-order valence-electron chi connectivity index (χ4n) is 9.29. The first-order chi connectivity index (χ1) is 24.6. The van der Waals surface area contributed by atoms with Crippen LogP contribution in [0.5, 0.6) is 0 Å². The summed E-state index contributed by atoms with van der Waals surface area (Å²) >= 11 is 0. The number of aromatic nitrogens is 3. The van der Waals surface area contributed by atoms with E-state index in [0.717, 1.165) is 57.8 Å². The summed E-state index contributed by atoms with van der Waals surface area (Å²) in [6.07, 6.45) is 10.9. The van der Waals surface area contributed by atoms with Crippen LogP contribution in [0.4, 0.5) is 0 Å². The first kappa shape index (κ1) is 36.1. The number of esters is 3. The highest BCUT2D eigenvalue weighted by Crippen LogP contribution is 2.43. The average Bonchev–Trinajstić information content (AvgIpc) is 4.03. The van der Waals surface area contributed by atoms with Crippen LogP contribution >= 0.6 is 0 Å². The lowest BCUT2D eigenvalue weighted by Crippen LogP contribution is -2.59. The number of nitrogens with zero attached hydrogens (tertiary/aromatic N) is 3. The minimum absolute atomic E-state index is 0.0725. The number of fused-ring (bicyclic) bond motifs is 3. The highest BCUT2D eigenvalue weighted by atomic mass is 16.6. The number of carbonyl (C=O) groups is 3. The van der Waals surface area contributed by atoms with Gasteiger partial charge in [0.15, 0.2) is 0 Å². The summed E-state index contributed by atoms with van der Waals surface area (Å²) in [4.78, 5) is 84.0. The molecule has 15 heteroatoms. The second kappa shape index (κ2) is 15.0. The molecule has 51 heavy (non-hydrogen) atoms. The Morgan fingerprint density at radius 2 is 0.784 bits per heavy atom. The molecule has 12 unspecified atom stereocenters. The number of epoxide rings is 3. The van der Waals surface area contributed by atoms with Gasteiger partial charge < -0.3 is 28.4 Å². The summed E-state index contributed by atoms with van der Waals surface area (Å²) in [5, 5.41) is 0. The molecule has 0 aromatic carbocycles. The van der Waals surface area contributed by atoms with Crippen LogP contribution in [0, 0.1) is 17.8 Å². The number of methoxy groups -OCH3 is 3. The van der Waals surface area contributed by atoms with Crippen LogP contribution in [0.25, 0.3) is 0 Å². The molecule has 0 radical (unpaired) electrons. The first-order valence-electron chi connectivity index (χ1n) is 18.8. The van der Waals surface area contributed by atoms with E-state index in [0.29, 0.717) is 33.0 Å². The smallest absolute Gasteiger partial charge is 0.337 e. The number of ether oxygens (including phenoxy) is 6. The second-order valence-corrected chi connectivity index (χ2v) is 15.5. The molecule has 0 spiro atoms. The number of rotatable bonds is 15. The quantitative estimate of drug-likeness (QED) is 0.147. The molecule has 12 atom stereocenters. The Hall–Kier alpha value is -3.30. The van der Waals surface area contributed by atoms with E-state index in [-0.39, 0.29) is 73.6 Å². The van der Waals surface area contributed by atoms with Crippen molar-refractivity contribution in [3.8, 4) is 0 Å². The third-order valence-corrected chi connectivity index (χ3v) is 12.5. The summed E-state index contributed by atoms with van der Waals surface area (Å²) in [5.74, 6) is -1.92. The van der Waals surface area contributed by atoms with Crippen molar-refractivity contribution >= 4 is 17.9 Å². The van der Waals surface area contributed by atoms with Gasteiger partial charge in [-0.25, -0.2) is 42.5 Å². The van der Waals surface area contributed by atoms with Crippen LogP contribution in [-0.2, 0) is 42.8 Å². The van der Waals surface area contributed by atoms with Crippen LogP contribution in [0.1, 0.15) is 114 Å². The molecule has 7 rings (SSSR count). The molecule has 6 fully saturated rings. The average molecular weight is 718 g/mol. The lowest BCUT2D eigenvalue weighted by atomic mass is 9.85. The lowest BCUT2D eigenvalue weighted by molar-refractivity contribution is -0.145. The zero-order chi connectivity index (χ0) is 36.0. The van der Waals surface area contributed by atoms with E-state index in [1.165, 1.54) is 21.3 Å². The maximum Gasteiger partial charge on any atom is 0.337 e. The molecule has 3 aliphatic carbocycles. The van der Waals surface area contributed by atoms with Crippen molar-refractivity contribution in [3.63, 3.8) is 0 Å². The van der Waals surface area contributed by atoms with Gasteiger partial charge in [-0.05, 0) is 114 Å². The van der Waals surface area contributed by atoms with E-state index < -0.39 is 53.1 Å². The first-order valence-corrected chi connectivity index (χ1v) is 18.8. The van der Waals surface area contributed by atoms with Crippen LogP contribution < -0.4 is 17.1 Å². The Labute approximate surface area is 295 Å². The van der Waals surface area contributed by atoms with Gasteiger partial charge in [-0.1, -0.05) is 0 Å². The van der Waals surface area contributed by atoms with Gasteiger partial charge in [-0.3, -0.25) is 0 Å². The number of carbonyl (C=O) groups excluding carboxylic acids is 3. The van der Waals surface area contributed by atoms with Crippen molar-refractivity contribution in [2.45, 2.75) is 151 Å². The van der Waals surface area contributed by atoms with E-state index in [1.807, 2.05) is 0 Å². The summed E-state index contributed by atoms with van der Waals surface area (Å²) in [7, 11) is 3.51. The fraction of sp³-hybridized carbons (Fsp3) is 0.833. The van der Waals surface area contributed by atoms with Gasteiger partial charge in [0.05, 0.1) is 58.0 Å². The van der Waals surface area contributed by atoms with E-state index in [1.54, 1.807) is 0 Å². The van der Waals surface area contributed by atoms with Crippen molar-refractivity contribution in [2.75, 3.05) is 21.3 Å². The Kier molecular flexibility index (Phi) is 10.6. The predicted octanol–water partition coefficient (Wildman–Crippen LogP) is 2.36. The Balaban J connectivity index is 1.28. The topological polar surface area (TPSA) is 182 Å². The number of hydrogen-bond donors (Lipinski definition) is 0. The molecular weight excluding hydrogens is 666 g/mol. The second-order valence-electron chi connectivity index (χ2n) is 15.5. The molecule has 4 heterocycles. The third kappa shape index (κ3) is 7.61. The minimum atomic E-state index is -1.41. The molecular formula is C36H51N3O12.